The molecule has 0 atom stereocenters. The van der Waals surface area contributed by atoms with E-state index in [0.717, 1.165) is 276 Å². The highest BCUT2D eigenvalue weighted by molar-refractivity contribution is 5.26. The molecule has 0 N–H and O–H groups in total. The molecular weight excluding hydrogens is 1850 g/mol. The van der Waals surface area contributed by atoms with Gasteiger partial charge < -0.3 is 125 Å². The number of benzene rings is 1. The Bertz CT molecular complexity index is 2730. The Labute approximate surface area is 907 Å². The molecule has 27 heteroatoms. The van der Waals surface area contributed by atoms with E-state index >= 15 is 0 Å². The number of rotatable bonds is 62. The summed E-state index contributed by atoms with van der Waals surface area (Å²) in [5.74, 6) is 9.37. The fraction of sp³-hybridized carbons (Fsp3) is 0.950. The number of unbranched alkanes of at least 4 members (excludes halogenated alkanes) is 6. The van der Waals surface area contributed by atoms with Crippen molar-refractivity contribution >= 4 is 0 Å². The average Bonchev–Trinajstić information content (AvgIpc) is 0.904. The van der Waals surface area contributed by atoms with Crippen LogP contribution < -0.4 is 4.74 Å². The number of piperazine rings is 1. The van der Waals surface area contributed by atoms with Crippen molar-refractivity contribution in [2.45, 2.75) is 268 Å². The van der Waals surface area contributed by atoms with Crippen molar-refractivity contribution in [3.05, 3.63) is 29.8 Å². The minimum absolute atomic E-state index is 0.675. The lowest BCUT2D eigenvalue weighted by Crippen LogP contribution is -2.45. The van der Waals surface area contributed by atoms with Crippen LogP contribution in [0, 0.1) is 60.2 Å². The number of likely N-dealkylation sites (tertiary alicyclic amines) is 9. The molecule has 874 valence electrons. The van der Waals surface area contributed by atoms with Crippen LogP contribution in [0.25, 0.3) is 0 Å². The van der Waals surface area contributed by atoms with Gasteiger partial charge in [0.25, 0.3) is 0 Å². The van der Waals surface area contributed by atoms with Crippen molar-refractivity contribution in [1.29, 1.82) is 0 Å². The molecule has 11 rings (SSSR count). The normalized spacial score (nSPS) is 19.7. The number of hydrogen-bond acceptors (Lipinski definition) is 27. The molecule has 1 aromatic rings. The minimum Gasteiger partial charge on any atom is -0.492 e. The maximum atomic E-state index is 5.74. The molecule has 0 unspecified atom stereocenters. The number of methoxy groups -OCH3 is 9. The second kappa shape index (κ2) is 103. The standard InChI is InChI=1S/C14H22N2O.C14H29NO3.C14H29NO2.C13H27NO2.C12H25NO2.C12H25NO.C11H23NO2.C11H23NO.C10H21NO.C9H19NO/c1-13-3-5-14(6-4-13)17-12-11-16-9-7-15(2)8-10-16;1-14-4-6-15(7-5-14)8-11-17-9-3-10-18-13-12-16-2;1-14-6-8-15(9-7-14)10-13-17-12-5-3-4-11-16-2;1-13-5-7-14(8-6-13)9-12-16-11-4-3-10-15-2;1-12-4-6-13(7-5-12)8-11-15-10-3-9-14-2;1-12-6-9-13(10-7-12)8-4-3-5-11-14-2;1-11-3-5-12(6-4-11)7-8-14-10-9-13-2;1-11-5-8-12(9-6-11)7-3-4-10-13-2;1-10-4-7-11(8-5-10)6-3-9-12-2;1-9-3-5-10(6-4-9)7-8-11-2/h3-6H,7-12H2,1-2H3;14H,3-13H2,1-2H3;14H,3-13H2,1-2H3;13H,3-12H2,1-2H3;12H,3-11H2,1-2H3;12H,3-11H2,1-2H3;11H,3-10H2,1-2H3;11H,3-10H2,1-2H3;10H,3-9H2,1-2H3;9H,3-8H2,1-2H3. The number of nitrogens with zero attached hydrogens (tertiary/aromatic N) is 11. The Balaban J connectivity index is 0.000000553. The van der Waals surface area contributed by atoms with Gasteiger partial charge >= 0.3 is 0 Å². The SMILES string of the molecule is COCCCCCN1CCC(C)CC1.COCCCCCOCCN1CCC(C)CC1.COCCCCN1CCC(C)CC1.COCCCCOCCN1CCC(C)CC1.COCCCN1CCC(C)CC1.COCCCOCCN1CCC(C)CC1.COCCN1CCC(C)CC1.COCCOCCCOCCN1CCC(C)CC1.COCCOCCN1CCC(C)CC1.Cc1ccc(OCCN2CCN(C)CC2)cc1. The number of hydrogen-bond donors (Lipinski definition) is 0. The van der Waals surface area contributed by atoms with Crippen molar-refractivity contribution in [2.75, 3.05) is 426 Å². The molecule has 0 amide bonds. The van der Waals surface area contributed by atoms with E-state index in [1.54, 1.807) is 64.0 Å². The van der Waals surface area contributed by atoms with Gasteiger partial charge in [-0.1, -0.05) is 80.0 Å². The lowest BCUT2D eigenvalue weighted by molar-refractivity contribution is 0.0449. The molecule has 1 aromatic carbocycles. The van der Waals surface area contributed by atoms with E-state index in [2.05, 4.69) is 142 Å². The second-order valence-electron chi connectivity index (χ2n) is 44.7. The molecule has 0 spiro atoms. The molecule has 147 heavy (non-hydrogen) atoms. The quantitative estimate of drug-likeness (QED) is 0.0561. The Morgan fingerprint density at radius 1 is 0.177 bits per heavy atom. The van der Waals surface area contributed by atoms with Crippen molar-refractivity contribution < 1.29 is 75.8 Å². The molecule has 0 bridgehead atoms. The van der Waals surface area contributed by atoms with E-state index in [4.69, 9.17) is 75.8 Å². The average molecular weight is 2100 g/mol. The molecule has 0 aliphatic carbocycles. The largest absolute Gasteiger partial charge is 0.492 e. The van der Waals surface area contributed by atoms with Crippen LogP contribution >= 0.6 is 0 Å². The number of ether oxygens (including phenoxy) is 16. The zero-order valence-electron chi connectivity index (χ0n) is 100. The number of piperidine rings is 9. The van der Waals surface area contributed by atoms with Gasteiger partial charge in [-0.15, -0.1) is 0 Å². The van der Waals surface area contributed by atoms with Crippen molar-refractivity contribution in [3.8, 4) is 5.75 Å². The van der Waals surface area contributed by atoms with Crippen molar-refractivity contribution in [2.24, 2.45) is 53.3 Å². The Kier molecular flexibility index (Phi) is 98.9. The molecule has 0 radical (unpaired) electrons. The summed E-state index contributed by atoms with van der Waals surface area (Å²) in [5, 5.41) is 0. The van der Waals surface area contributed by atoms with Crippen LogP contribution in [0.5, 0.6) is 5.75 Å². The topological polar surface area (TPSA) is 183 Å². The van der Waals surface area contributed by atoms with Crippen LogP contribution in [-0.2, 0) is 71.1 Å². The van der Waals surface area contributed by atoms with Gasteiger partial charge in [0.1, 0.15) is 12.4 Å². The summed E-state index contributed by atoms with van der Waals surface area (Å²) in [7, 11) is 17.9. The van der Waals surface area contributed by atoms with Gasteiger partial charge in [0.15, 0.2) is 0 Å². The highest BCUT2D eigenvalue weighted by Crippen LogP contribution is 2.24. The van der Waals surface area contributed by atoms with E-state index in [9.17, 15) is 0 Å². The molecule has 10 fully saturated rings. The van der Waals surface area contributed by atoms with Crippen LogP contribution in [0.1, 0.15) is 267 Å². The van der Waals surface area contributed by atoms with Gasteiger partial charge in [-0.3, -0.25) is 4.90 Å². The summed E-state index contributed by atoms with van der Waals surface area (Å²) in [6.07, 6.45) is 39.9. The first-order valence-corrected chi connectivity index (χ1v) is 60.2. The first-order chi connectivity index (χ1) is 71.7. The van der Waals surface area contributed by atoms with Crippen LogP contribution in [0.2, 0.25) is 0 Å². The summed E-state index contributed by atoms with van der Waals surface area (Å²) < 4.78 is 83.9. The maximum absolute atomic E-state index is 5.74. The van der Waals surface area contributed by atoms with Gasteiger partial charge in [-0.2, -0.15) is 0 Å². The summed E-state index contributed by atoms with van der Waals surface area (Å²) in [4.78, 5) is 27.7. The van der Waals surface area contributed by atoms with Gasteiger partial charge in [-0.05, 0) is 409 Å². The van der Waals surface area contributed by atoms with Crippen molar-refractivity contribution in [3.63, 3.8) is 0 Å². The molecule has 10 heterocycles. The fourth-order valence-electron chi connectivity index (χ4n) is 19.1. The third-order valence-electron chi connectivity index (χ3n) is 30.9. The smallest absolute Gasteiger partial charge is 0.119 e. The molecule has 0 aromatic heterocycles. The first kappa shape index (κ1) is 141. The molecule has 10 aliphatic heterocycles. The zero-order valence-corrected chi connectivity index (χ0v) is 100. The van der Waals surface area contributed by atoms with Crippen LogP contribution in [-0.4, -0.2) is 480 Å². The van der Waals surface area contributed by atoms with Crippen molar-refractivity contribution in [1.82, 2.24) is 53.9 Å². The van der Waals surface area contributed by atoms with Crippen LogP contribution in [0.3, 0.4) is 0 Å². The number of likely N-dealkylation sites (N-methyl/N-ethyl adjacent to an activating group) is 1. The molecule has 27 nitrogen and oxygen atoms in total. The summed E-state index contributed by atoms with van der Waals surface area (Å²) in [6, 6.07) is 8.26. The highest BCUT2D eigenvalue weighted by Gasteiger charge is 2.24. The molecule has 0 saturated carbocycles. The number of aryl methyl sites for hydroxylation is 1. The minimum atomic E-state index is 0.675. The Morgan fingerprint density at radius 3 is 0.667 bits per heavy atom. The molecule has 10 saturated heterocycles. The fourth-order valence-corrected chi connectivity index (χ4v) is 19.1. The summed E-state index contributed by atoms with van der Waals surface area (Å²) >= 11 is 0. The van der Waals surface area contributed by atoms with E-state index in [0.29, 0.717) is 19.8 Å². The molecule has 10 aliphatic rings. The van der Waals surface area contributed by atoms with E-state index in [-0.39, 0.29) is 0 Å². The summed E-state index contributed by atoms with van der Waals surface area (Å²) in [5.41, 5.74) is 1.27. The highest BCUT2D eigenvalue weighted by atomic mass is 16.5. The van der Waals surface area contributed by atoms with Crippen LogP contribution in [0.4, 0.5) is 0 Å². The van der Waals surface area contributed by atoms with E-state index < -0.39 is 0 Å². The predicted molar refractivity (Wildman–Crippen MR) is 616 cm³/mol. The first-order valence-electron chi connectivity index (χ1n) is 60.2. The lowest BCUT2D eigenvalue weighted by Gasteiger charge is -2.32. The van der Waals surface area contributed by atoms with Gasteiger partial charge in [0.2, 0.25) is 0 Å². The predicted octanol–water partition coefficient (Wildman–Crippen LogP) is 19.1. The lowest BCUT2D eigenvalue weighted by atomic mass is 9.99. The van der Waals surface area contributed by atoms with Crippen LogP contribution in [0.15, 0.2) is 24.3 Å². The Morgan fingerprint density at radius 2 is 0.367 bits per heavy atom. The van der Waals surface area contributed by atoms with Gasteiger partial charge in [-0.25, -0.2) is 0 Å². The molecular formula is C120H243N11O16. The second-order valence-corrected chi connectivity index (χ2v) is 44.7. The van der Waals surface area contributed by atoms with E-state index in [1.165, 1.54) is 323 Å². The Hall–Kier alpha value is -2.02. The maximum Gasteiger partial charge on any atom is 0.119 e. The third-order valence-corrected chi connectivity index (χ3v) is 30.9. The summed E-state index contributed by atoms with van der Waals surface area (Å²) in [6.45, 7) is 80.6. The monoisotopic (exact) mass is 2090 g/mol. The van der Waals surface area contributed by atoms with Gasteiger partial charge in [0.05, 0.1) is 66.1 Å². The van der Waals surface area contributed by atoms with E-state index in [1.807, 2.05) is 12.1 Å². The zero-order chi connectivity index (χ0) is 107. The van der Waals surface area contributed by atoms with Gasteiger partial charge in [0, 0.05) is 215 Å². The third kappa shape index (κ3) is 88.6.